The van der Waals surface area contributed by atoms with Crippen molar-refractivity contribution >= 4 is 22.9 Å². The number of nitrogens with one attached hydrogen (secondary N) is 1. The lowest BCUT2D eigenvalue weighted by Crippen LogP contribution is -2.34. The van der Waals surface area contributed by atoms with E-state index >= 15 is 0 Å². The number of thiophene rings is 1. The zero-order valence-corrected chi connectivity index (χ0v) is 12.0. The van der Waals surface area contributed by atoms with Gasteiger partial charge in [-0.25, -0.2) is 0 Å². The van der Waals surface area contributed by atoms with E-state index in [2.05, 4.69) is 11.4 Å². The molecule has 19 heavy (non-hydrogen) atoms. The Bertz CT molecular complexity index is 564. The van der Waals surface area contributed by atoms with Crippen molar-refractivity contribution in [2.75, 3.05) is 5.73 Å². The molecule has 0 bridgehead atoms. The molecule has 1 unspecified atom stereocenters. The van der Waals surface area contributed by atoms with E-state index in [1.54, 1.807) is 23.5 Å². The molecule has 0 saturated carbocycles. The van der Waals surface area contributed by atoms with Crippen LogP contribution in [-0.2, 0) is 6.42 Å². The lowest BCUT2D eigenvalue weighted by Gasteiger charge is -2.14. The first-order chi connectivity index (χ1) is 9.06. The molecule has 2 aromatic rings. The second kappa shape index (κ2) is 5.89. The molecule has 2 rings (SSSR count). The second-order valence-electron chi connectivity index (χ2n) is 4.73. The van der Waals surface area contributed by atoms with Gasteiger partial charge >= 0.3 is 0 Å². The Balaban J connectivity index is 2.02. The van der Waals surface area contributed by atoms with Gasteiger partial charge in [-0.05, 0) is 43.0 Å². The van der Waals surface area contributed by atoms with Gasteiger partial charge in [0.1, 0.15) is 0 Å². The molecule has 0 saturated heterocycles. The molecule has 0 aliphatic rings. The predicted molar refractivity (Wildman–Crippen MR) is 80.5 cm³/mol. The van der Waals surface area contributed by atoms with Crippen LogP contribution in [0.25, 0.3) is 0 Å². The second-order valence-corrected chi connectivity index (χ2v) is 5.76. The number of hydrogen-bond donors (Lipinski definition) is 2. The lowest BCUT2D eigenvalue weighted by atomic mass is 10.1. The van der Waals surface area contributed by atoms with Gasteiger partial charge in [0.25, 0.3) is 5.91 Å². The Kier molecular flexibility index (Phi) is 4.22. The molecule has 0 aliphatic carbocycles. The number of benzene rings is 1. The molecule has 0 radical (unpaired) electrons. The number of nitrogens with two attached hydrogens (primary N) is 1. The van der Waals surface area contributed by atoms with Gasteiger partial charge in [-0.2, -0.15) is 0 Å². The highest BCUT2D eigenvalue weighted by Crippen LogP contribution is 2.14. The summed E-state index contributed by atoms with van der Waals surface area (Å²) in [5, 5.41) is 5.06. The van der Waals surface area contributed by atoms with Crippen LogP contribution in [0.15, 0.2) is 35.7 Å². The first-order valence-electron chi connectivity index (χ1n) is 6.25. The fourth-order valence-electron chi connectivity index (χ4n) is 1.97. The molecular formula is C15H18N2OS. The van der Waals surface area contributed by atoms with E-state index in [1.165, 1.54) is 4.88 Å². The number of carbonyl (C=O) groups is 1. The largest absolute Gasteiger partial charge is 0.399 e. The average Bonchev–Trinajstić information content (AvgIpc) is 2.84. The smallest absolute Gasteiger partial charge is 0.251 e. The van der Waals surface area contributed by atoms with Gasteiger partial charge < -0.3 is 11.1 Å². The van der Waals surface area contributed by atoms with Crippen LogP contribution in [0.3, 0.4) is 0 Å². The van der Waals surface area contributed by atoms with E-state index < -0.39 is 0 Å². The van der Waals surface area contributed by atoms with Crippen molar-refractivity contribution in [1.82, 2.24) is 5.32 Å². The number of hydrogen-bond acceptors (Lipinski definition) is 3. The molecule has 1 aromatic carbocycles. The number of rotatable bonds is 4. The van der Waals surface area contributed by atoms with Crippen molar-refractivity contribution in [2.24, 2.45) is 0 Å². The Morgan fingerprint density at radius 2 is 2.21 bits per heavy atom. The van der Waals surface area contributed by atoms with Crippen LogP contribution in [0.4, 0.5) is 5.69 Å². The van der Waals surface area contributed by atoms with E-state index in [0.717, 1.165) is 12.0 Å². The zero-order chi connectivity index (χ0) is 13.8. The monoisotopic (exact) mass is 274 g/mol. The van der Waals surface area contributed by atoms with Gasteiger partial charge in [-0.1, -0.05) is 12.1 Å². The van der Waals surface area contributed by atoms with Crippen molar-refractivity contribution in [2.45, 2.75) is 26.3 Å². The summed E-state index contributed by atoms with van der Waals surface area (Å²) in [5.41, 5.74) is 7.93. The normalized spacial score (nSPS) is 12.1. The minimum Gasteiger partial charge on any atom is -0.399 e. The molecule has 0 fully saturated rings. The summed E-state index contributed by atoms with van der Waals surface area (Å²) in [4.78, 5) is 13.5. The van der Waals surface area contributed by atoms with Crippen LogP contribution in [0.5, 0.6) is 0 Å². The highest BCUT2D eigenvalue weighted by molar-refractivity contribution is 7.09. The van der Waals surface area contributed by atoms with Crippen LogP contribution in [0.2, 0.25) is 0 Å². The highest BCUT2D eigenvalue weighted by Gasteiger charge is 2.13. The molecule has 1 aromatic heterocycles. The van der Waals surface area contributed by atoms with Gasteiger partial charge in [0.05, 0.1) is 0 Å². The number of anilines is 1. The molecule has 0 spiro atoms. The number of aryl methyl sites for hydroxylation is 1. The molecule has 1 atom stereocenters. The van der Waals surface area contributed by atoms with Crippen molar-refractivity contribution in [1.29, 1.82) is 0 Å². The quantitative estimate of drug-likeness (QED) is 0.842. The Labute approximate surface area is 117 Å². The topological polar surface area (TPSA) is 55.1 Å². The Hall–Kier alpha value is -1.81. The summed E-state index contributed by atoms with van der Waals surface area (Å²) in [6.07, 6.45) is 0.852. The van der Waals surface area contributed by atoms with E-state index in [-0.39, 0.29) is 11.9 Å². The standard InChI is InChI=1S/C15H18N2OS/c1-10-5-6-12(16)9-14(10)15(18)17-11(2)8-13-4-3-7-19-13/h3-7,9,11H,8,16H2,1-2H3,(H,17,18). The van der Waals surface area contributed by atoms with Crippen molar-refractivity contribution in [3.63, 3.8) is 0 Å². The van der Waals surface area contributed by atoms with Crippen LogP contribution < -0.4 is 11.1 Å². The maximum Gasteiger partial charge on any atom is 0.251 e. The molecule has 4 heteroatoms. The average molecular weight is 274 g/mol. The van der Waals surface area contributed by atoms with E-state index in [1.807, 2.05) is 31.4 Å². The van der Waals surface area contributed by atoms with Gasteiger partial charge in [0, 0.05) is 28.6 Å². The van der Waals surface area contributed by atoms with Gasteiger partial charge in [-0.3, -0.25) is 4.79 Å². The molecular weight excluding hydrogens is 256 g/mol. The summed E-state index contributed by atoms with van der Waals surface area (Å²) in [6, 6.07) is 9.61. The zero-order valence-electron chi connectivity index (χ0n) is 11.1. The number of amides is 1. The number of carbonyl (C=O) groups excluding carboxylic acids is 1. The fourth-order valence-corrected chi connectivity index (χ4v) is 2.80. The molecule has 100 valence electrons. The van der Waals surface area contributed by atoms with E-state index in [4.69, 9.17) is 5.73 Å². The van der Waals surface area contributed by atoms with Crippen molar-refractivity contribution in [3.8, 4) is 0 Å². The molecule has 1 heterocycles. The summed E-state index contributed by atoms with van der Waals surface area (Å²) in [5.74, 6) is -0.0612. The van der Waals surface area contributed by atoms with Crippen LogP contribution in [0, 0.1) is 6.92 Å². The first kappa shape index (κ1) is 13.6. The molecule has 3 N–H and O–H groups in total. The molecule has 1 amide bonds. The minimum absolute atomic E-state index is 0.0612. The summed E-state index contributed by atoms with van der Waals surface area (Å²) in [6.45, 7) is 3.93. The molecule has 0 aliphatic heterocycles. The maximum absolute atomic E-state index is 12.2. The van der Waals surface area contributed by atoms with Gasteiger partial charge in [-0.15, -0.1) is 11.3 Å². The van der Waals surface area contributed by atoms with E-state index in [9.17, 15) is 4.79 Å². The predicted octanol–water partition coefficient (Wildman–Crippen LogP) is 3.00. The van der Waals surface area contributed by atoms with Crippen molar-refractivity contribution < 1.29 is 4.79 Å². The van der Waals surface area contributed by atoms with E-state index in [0.29, 0.717) is 11.3 Å². The SMILES string of the molecule is Cc1ccc(N)cc1C(=O)NC(C)Cc1cccs1. The Morgan fingerprint density at radius 3 is 2.89 bits per heavy atom. The molecule has 3 nitrogen and oxygen atoms in total. The highest BCUT2D eigenvalue weighted by atomic mass is 32.1. The summed E-state index contributed by atoms with van der Waals surface area (Å²) < 4.78 is 0. The van der Waals surface area contributed by atoms with Gasteiger partial charge in [0.15, 0.2) is 0 Å². The Morgan fingerprint density at radius 1 is 1.42 bits per heavy atom. The third-order valence-electron chi connectivity index (χ3n) is 2.97. The third-order valence-corrected chi connectivity index (χ3v) is 3.87. The summed E-state index contributed by atoms with van der Waals surface area (Å²) in [7, 11) is 0. The minimum atomic E-state index is -0.0612. The first-order valence-corrected chi connectivity index (χ1v) is 7.13. The maximum atomic E-state index is 12.2. The van der Waals surface area contributed by atoms with Gasteiger partial charge in [0.2, 0.25) is 0 Å². The van der Waals surface area contributed by atoms with Crippen LogP contribution >= 0.6 is 11.3 Å². The number of nitrogen functional groups attached to an aromatic ring is 1. The lowest BCUT2D eigenvalue weighted by molar-refractivity contribution is 0.0939. The third kappa shape index (κ3) is 3.58. The summed E-state index contributed by atoms with van der Waals surface area (Å²) >= 11 is 1.71. The van der Waals surface area contributed by atoms with Crippen LogP contribution in [0.1, 0.15) is 27.7 Å². The fraction of sp³-hybridized carbons (Fsp3) is 0.267. The van der Waals surface area contributed by atoms with Crippen LogP contribution in [-0.4, -0.2) is 11.9 Å². The van der Waals surface area contributed by atoms with Crippen molar-refractivity contribution in [3.05, 3.63) is 51.7 Å².